The summed E-state index contributed by atoms with van der Waals surface area (Å²) < 4.78 is 1.89. The number of aromatic nitrogens is 2. The fourth-order valence-corrected chi connectivity index (χ4v) is 1.61. The molecule has 14 heavy (non-hydrogen) atoms. The monoisotopic (exact) mass is 196 g/mol. The van der Waals surface area contributed by atoms with Gasteiger partial charge >= 0.3 is 0 Å². The van der Waals surface area contributed by atoms with Crippen molar-refractivity contribution in [1.82, 2.24) is 9.78 Å². The number of aliphatic hydroxyl groups is 1. The van der Waals surface area contributed by atoms with Crippen molar-refractivity contribution < 1.29 is 5.11 Å². The number of rotatable bonds is 5. The summed E-state index contributed by atoms with van der Waals surface area (Å²) in [5, 5.41) is 14.5. The SMILES string of the molecule is CCCn1cc(C(O)(CC)CC)cn1. The Morgan fingerprint density at radius 1 is 1.36 bits per heavy atom. The van der Waals surface area contributed by atoms with Gasteiger partial charge in [0.25, 0.3) is 0 Å². The van der Waals surface area contributed by atoms with E-state index >= 15 is 0 Å². The van der Waals surface area contributed by atoms with Crippen molar-refractivity contribution in [2.75, 3.05) is 0 Å². The lowest BCUT2D eigenvalue weighted by Gasteiger charge is -2.23. The Morgan fingerprint density at radius 3 is 2.50 bits per heavy atom. The van der Waals surface area contributed by atoms with Gasteiger partial charge < -0.3 is 5.11 Å². The Morgan fingerprint density at radius 2 is 2.00 bits per heavy atom. The van der Waals surface area contributed by atoms with E-state index < -0.39 is 5.60 Å². The third-order valence-corrected chi connectivity index (χ3v) is 2.79. The minimum atomic E-state index is -0.689. The molecule has 1 aromatic rings. The molecular formula is C11H20N2O. The van der Waals surface area contributed by atoms with E-state index in [0.29, 0.717) is 0 Å². The van der Waals surface area contributed by atoms with Crippen molar-refractivity contribution in [2.45, 2.75) is 52.2 Å². The topological polar surface area (TPSA) is 38.0 Å². The largest absolute Gasteiger partial charge is 0.385 e. The molecule has 0 bridgehead atoms. The van der Waals surface area contributed by atoms with Crippen molar-refractivity contribution >= 4 is 0 Å². The first kappa shape index (κ1) is 11.2. The first-order valence-electron chi connectivity index (χ1n) is 5.41. The summed E-state index contributed by atoms with van der Waals surface area (Å²) in [4.78, 5) is 0. The van der Waals surface area contributed by atoms with Crippen molar-refractivity contribution in [1.29, 1.82) is 0 Å². The maximum absolute atomic E-state index is 10.2. The second-order valence-electron chi connectivity index (χ2n) is 3.73. The highest BCUT2D eigenvalue weighted by Crippen LogP contribution is 2.27. The van der Waals surface area contributed by atoms with Crippen molar-refractivity contribution in [3.63, 3.8) is 0 Å². The third-order valence-electron chi connectivity index (χ3n) is 2.79. The Kier molecular flexibility index (Phi) is 3.69. The second-order valence-corrected chi connectivity index (χ2v) is 3.73. The van der Waals surface area contributed by atoms with Crippen LogP contribution in [0.2, 0.25) is 0 Å². The maximum atomic E-state index is 10.2. The van der Waals surface area contributed by atoms with Crippen LogP contribution in [-0.4, -0.2) is 14.9 Å². The molecule has 0 atom stereocenters. The molecule has 3 heteroatoms. The number of aryl methyl sites for hydroxylation is 1. The molecule has 80 valence electrons. The average molecular weight is 196 g/mol. The third kappa shape index (κ3) is 2.15. The van der Waals surface area contributed by atoms with Crippen molar-refractivity contribution in [3.8, 4) is 0 Å². The summed E-state index contributed by atoms with van der Waals surface area (Å²) in [7, 11) is 0. The fraction of sp³-hybridized carbons (Fsp3) is 0.727. The summed E-state index contributed by atoms with van der Waals surface area (Å²) in [6.45, 7) is 7.04. The van der Waals surface area contributed by atoms with Crippen LogP contribution < -0.4 is 0 Å². The van der Waals surface area contributed by atoms with Crippen LogP contribution in [0.25, 0.3) is 0 Å². The van der Waals surface area contributed by atoms with Gasteiger partial charge in [0.15, 0.2) is 0 Å². The molecule has 0 spiro atoms. The van der Waals surface area contributed by atoms with Crippen molar-refractivity contribution in [2.24, 2.45) is 0 Å². The minimum Gasteiger partial charge on any atom is -0.385 e. The van der Waals surface area contributed by atoms with E-state index in [9.17, 15) is 5.11 Å². The molecule has 0 unspecified atom stereocenters. The lowest BCUT2D eigenvalue weighted by atomic mass is 9.91. The summed E-state index contributed by atoms with van der Waals surface area (Å²) >= 11 is 0. The maximum Gasteiger partial charge on any atom is 0.0921 e. The average Bonchev–Trinajstić information content (AvgIpc) is 2.66. The highest BCUT2D eigenvalue weighted by atomic mass is 16.3. The minimum absolute atomic E-state index is 0.689. The zero-order valence-corrected chi connectivity index (χ0v) is 9.32. The molecule has 0 saturated carbocycles. The van der Waals surface area contributed by atoms with Crippen LogP contribution in [0.5, 0.6) is 0 Å². The summed E-state index contributed by atoms with van der Waals surface area (Å²) in [6, 6.07) is 0. The molecular weight excluding hydrogens is 176 g/mol. The van der Waals surface area contributed by atoms with Crippen LogP contribution in [0.15, 0.2) is 12.4 Å². The standard InChI is InChI=1S/C11H20N2O/c1-4-7-13-9-10(8-12-13)11(14,5-2)6-3/h8-9,14H,4-7H2,1-3H3. The van der Waals surface area contributed by atoms with E-state index in [2.05, 4.69) is 12.0 Å². The number of hydrogen-bond donors (Lipinski definition) is 1. The van der Waals surface area contributed by atoms with Gasteiger partial charge in [-0.2, -0.15) is 5.10 Å². The first-order valence-corrected chi connectivity index (χ1v) is 5.41. The van der Waals surface area contributed by atoms with E-state index in [1.807, 2.05) is 24.7 Å². The summed E-state index contributed by atoms with van der Waals surface area (Å²) in [6.07, 6.45) is 6.28. The Balaban J connectivity index is 2.84. The first-order chi connectivity index (χ1) is 6.66. The van der Waals surface area contributed by atoms with E-state index in [1.165, 1.54) is 0 Å². The van der Waals surface area contributed by atoms with Crippen LogP contribution >= 0.6 is 0 Å². The fourth-order valence-electron chi connectivity index (χ4n) is 1.61. The molecule has 1 heterocycles. The predicted molar refractivity (Wildman–Crippen MR) is 57.0 cm³/mol. The summed E-state index contributed by atoms with van der Waals surface area (Å²) in [5.41, 5.74) is 0.252. The second kappa shape index (κ2) is 4.60. The molecule has 0 aliphatic rings. The van der Waals surface area contributed by atoms with E-state index in [-0.39, 0.29) is 0 Å². The molecule has 3 nitrogen and oxygen atoms in total. The van der Waals surface area contributed by atoms with E-state index in [1.54, 1.807) is 6.20 Å². The van der Waals surface area contributed by atoms with Gasteiger partial charge in [-0.15, -0.1) is 0 Å². The van der Waals surface area contributed by atoms with Crippen LogP contribution in [-0.2, 0) is 12.1 Å². The molecule has 0 amide bonds. The molecule has 1 aromatic heterocycles. The van der Waals surface area contributed by atoms with Gasteiger partial charge in [0.1, 0.15) is 0 Å². The van der Waals surface area contributed by atoms with Gasteiger partial charge in [0, 0.05) is 18.3 Å². The lowest BCUT2D eigenvalue weighted by molar-refractivity contribution is 0.0283. The zero-order chi connectivity index (χ0) is 10.6. The molecule has 0 aliphatic carbocycles. The van der Waals surface area contributed by atoms with Gasteiger partial charge in [0.05, 0.1) is 11.8 Å². The normalized spacial score (nSPS) is 12.0. The summed E-state index contributed by atoms with van der Waals surface area (Å²) in [5.74, 6) is 0. The van der Waals surface area contributed by atoms with Crippen LogP contribution in [0, 0.1) is 0 Å². The quantitative estimate of drug-likeness (QED) is 0.784. The lowest BCUT2D eigenvalue weighted by Crippen LogP contribution is -2.22. The Hall–Kier alpha value is -0.830. The molecule has 0 saturated heterocycles. The van der Waals surface area contributed by atoms with E-state index in [4.69, 9.17) is 0 Å². The van der Waals surface area contributed by atoms with Gasteiger partial charge in [-0.25, -0.2) is 0 Å². The van der Waals surface area contributed by atoms with Gasteiger partial charge in [-0.3, -0.25) is 4.68 Å². The number of hydrogen-bond acceptors (Lipinski definition) is 2. The molecule has 1 rings (SSSR count). The zero-order valence-electron chi connectivity index (χ0n) is 9.32. The van der Waals surface area contributed by atoms with Crippen LogP contribution in [0.1, 0.15) is 45.6 Å². The van der Waals surface area contributed by atoms with Crippen LogP contribution in [0.3, 0.4) is 0 Å². The number of nitrogens with zero attached hydrogens (tertiary/aromatic N) is 2. The highest BCUT2D eigenvalue weighted by Gasteiger charge is 2.26. The predicted octanol–water partition coefficient (Wildman–Crippen LogP) is 2.30. The van der Waals surface area contributed by atoms with Gasteiger partial charge in [-0.05, 0) is 19.3 Å². The molecule has 0 aliphatic heterocycles. The Bertz CT molecular complexity index is 277. The van der Waals surface area contributed by atoms with Gasteiger partial charge in [-0.1, -0.05) is 20.8 Å². The molecule has 0 radical (unpaired) electrons. The molecule has 0 aromatic carbocycles. The Labute approximate surface area is 85.8 Å². The molecule has 0 fully saturated rings. The van der Waals surface area contributed by atoms with Crippen molar-refractivity contribution in [3.05, 3.63) is 18.0 Å². The molecule has 1 N–H and O–H groups in total. The van der Waals surface area contributed by atoms with E-state index in [0.717, 1.165) is 31.4 Å². The highest BCUT2D eigenvalue weighted by molar-refractivity contribution is 5.14. The van der Waals surface area contributed by atoms with Crippen LogP contribution in [0.4, 0.5) is 0 Å². The van der Waals surface area contributed by atoms with Gasteiger partial charge in [0.2, 0.25) is 0 Å². The smallest absolute Gasteiger partial charge is 0.0921 e.